The van der Waals surface area contributed by atoms with Gasteiger partial charge in [0.25, 0.3) is 5.91 Å². The standard InChI is InChI=1S/C23H34N4O2/c1-6-27-15(2)19(14-24-27)22(28)26-11-9-16(10-12-26)21-18-13-17(23(3,4)5)7-8-20(18)25-29-21/h14,16-17H,6-13H2,1-5H3. The number of aromatic nitrogens is 3. The highest BCUT2D eigenvalue weighted by Crippen LogP contribution is 2.41. The molecule has 0 bridgehead atoms. The maximum Gasteiger partial charge on any atom is 0.257 e. The highest BCUT2D eigenvalue weighted by Gasteiger charge is 2.36. The summed E-state index contributed by atoms with van der Waals surface area (Å²) in [4.78, 5) is 14.9. The Morgan fingerprint density at radius 2 is 1.97 bits per heavy atom. The molecule has 3 heterocycles. The maximum atomic E-state index is 13.0. The van der Waals surface area contributed by atoms with E-state index in [4.69, 9.17) is 4.52 Å². The van der Waals surface area contributed by atoms with Crippen molar-refractivity contribution >= 4 is 5.91 Å². The van der Waals surface area contributed by atoms with E-state index in [9.17, 15) is 4.79 Å². The predicted octanol–water partition coefficient (Wildman–Crippen LogP) is 4.37. The molecule has 0 saturated carbocycles. The van der Waals surface area contributed by atoms with Crippen molar-refractivity contribution in [1.82, 2.24) is 19.8 Å². The normalized spacial score (nSPS) is 20.7. The molecular formula is C23H34N4O2. The van der Waals surface area contributed by atoms with Gasteiger partial charge in [0.15, 0.2) is 0 Å². The lowest BCUT2D eigenvalue weighted by Crippen LogP contribution is -2.38. The Kier molecular flexibility index (Phi) is 5.30. The van der Waals surface area contributed by atoms with Crippen LogP contribution in [0.1, 0.15) is 85.9 Å². The number of carbonyl (C=O) groups is 1. The number of aryl methyl sites for hydroxylation is 2. The molecule has 1 aliphatic carbocycles. The van der Waals surface area contributed by atoms with Gasteiger partial charge in [-0.3, -0.25) is 9.48 Å². The van der Waals surface area contributed by atoms with Gasteiger partial charge in [0.2, 0.25) is 0 Å². The molecule has 1 unspecified atom stereocenters. The van der Waals surface area contributed by atoms with Crippen LogP contribution in [0.15, 0.2) is 10.7 Å². The van der Waals surface area contributed by atoms with Gasteiger partial charge in [-0.2, -0.15) is 5.10 Å². The zero-order chi connectivity index (χ0) is 20.8. The number of carbonyl (C=O) groups excluding carboxylic acids is 1. The lowest BCUT2D eigenvalue weighted by atomic mass is 9.71. The van der Waals surface area contributed by atoms with Crippen molar-refractivity contribution in [2.45, 2.75) is 79.2 Å². The minimum absolute atomic E-state index is 0.105. The van der Waals surface area contributed by atoms with E-state index in [0.717, 1.165) is 62.3 Å². The van der Waals surface area contributed by atoms with Gasteiger partial charge in [0, 0.05) is 36.8 Å². The second kappa shape index (κ2) is 7.62. The van der Waals surface area contributed by atoms with Crippen LogP contribution in [0.4, 0.5) is 0 Å². The second-order valence-corrected chi connectivity index (χ2v) is 9.80. The molecule has 0 radical (unpaired) electrons. The molecule has 1 saturated heterocycles. The summed E-state index contributed by atoms with van der Waals surface area (Å²) in [6.07, 6.45) is 6.89. The third-order valence-electron chi connectivity index (χ3n) is 7.09. The van der Waals surface area contributed by atoms with Crippen LogP contribution in [0.3, 0.4) is 0 Å². The fourth-order valence-electron chi connectivity index (χ4n) is 4.98. The number of piperidine rings is 1. The first-order chi connectivity index (χ1) is 13.8. The van der Waals surface area contributed by atoms with Crippen LogP contribution >= 0.6 is 0 Å². The third kappa shape index (κ3) is 3.74. The Labute approximate surface area is 173 Å². The molecule has 0 aromatic carbocycles. The number of fused-ring (bicyclic) bond motifs is 1. The fourth-order valence-corrected chi connectivity index (χ4v) is 4.98. The number of nitrogens with zero attached hydrogens (tertiary/aromatic N) is 4. The largest absolute Gasteiger partial charge is 0.361 e. The van der Waals surface area contributed by atoms with Crippen molar-refractivity contribution in [3.8, 4) is 0 Å². The zero-order valence-electron chi connectivity index (χ0n) is 18.5. The van der Waals surface area contributed by atoms with E-state index in [1.807, 2.05) is 23.4 Å². The highest BCUT2D eigenvalue weighted by molar-refractivity contribution is 5.95. The Balaban J connectivity index is 1.44. The van der Waals surface area contributed by atoms with E-state index < -0.39 is 0 Å². The lowest BCUT2D eigenvalue weighted by Gasteiger charge is -2.35. The molecule has 1 amide bonds. The number of rotatable bonds is 3. The molecule has 2 aromatic heterocycles. The molecule has 6 nitrogen and oxygen atoms in total. The van der Waals surface area contributed by atoms with Gasteiger partial charge in [-0.1, -0.05) is 25.9 Å². The lowest BCUT2D eigenvalue weighted by molar-refractivity contribution is 0.0704. The van der Waals surface area contributed by atoms with E-state index in [-0.39, 0.29) is 5.91 Å². The van der Waals surface area contributed by atoms with Gasteiger partial charge in [0.05, 0.1) is 17.5 Å². The number of hydrogen-bond acceptors (Lipinski definition) is 4. The Morgan fingerprint density at radius 3 is 2.59 bits per heavy atom. The van der Waals surface area contributed by atoms with Crippen molar-refractivity contribution in [1.29, 1.82) is 0 Å². The molecule has 0 spiro atoms. The van der Waals surface area contributed by atoms with E-state index in [2.05, 4.69) is 31.0 Å². The van der Waals surface area contributed by atoms with Crippen LogP contribution in [0, 0.1) is 18.3 Å². The third-order valence-corrected chi connectivity index (χ3v) is 7.09. The first kappa shape index (κ1) is 20.2. The summed E-state index contributed by atoms with van der Waals surface area (Å²) in [5.41, 5.74) is 4.53. The monoisotopic (exact) mass is 398 g/mol. The van der Waals surface area contributed by atoms with Crippen LogP contribution in [0.5, 0.6) is 0 Å². The summed E-state index contributed by atoms with van der Waals surface area (Å²) in [5.74, 6) is 2.24. The van der Waals surface area contributed by atoms with Crippen LogP contribution in [0.2, 0.25) is 0 Å². The molecule has 29 heavy (non-hydrogen) atoms. The smallest absolute Gasteiger partial charge is 0.257 e. The molecule has 6 heteroatoms. The molecule has 1 aliphatic heterocycles. The molecular weight excluding hydrogens is 364 g/mol. The van der Waals surface area contributed by atoms with Gasteiger partial charge in [-0.05, 0) is 57.3 Å². The summed E-state index contributed by atoms with van der Waals surface area (Å²) >= 11 is 0. The van der Waals surface area contributed by atoms with Gasteiger partial charge in [0.1, 0.15) is 5.76 Å². The Hall–Kier alpha value is -2.11. The average molecular weight is 399 g/mol. The second-order valence-electron chi connectivity index (χ2n) is 9.80. The molecule has 2 aliphatic rings. The molecule has 0 N–H and O–H groups in total. The summed E-state index contributed by atoms with van der Waals surface area (Å²) in [5, 5.41) is 8.73. The van der Waals surface area contributed by atoms with E-state index in [0.29, 0.717) is 17.3 Å². The summed E-state index contributed by atoms with van der Waals surface area (Å²) < 4.78 is 7.75. The average Bonchev–Trinajstić information content (AvgIpc) is 3.29. The summed E-state index contributed by atoms with van der Waals surface area (Å²) in [6.45, 7) is 13.3. The van der Waals surface area contributed by atoms with Crippen molar-refractivity contribution in [2.24, 2.45) is 11.3 Å². The first-order valence-corrected chi connectivity index (χ1v) is 11.1. The molecule has 4 rings (SSSR count). The van der Waals surface area contributed by atoms with E-state index >= 15 is 0 Å². The molecule has 1 atom stereocenters. The van der Waals surface area contributed by atoms with Gasteiger partial charge in [-0.15, -0.1) is 0 Å². The Morgan fingerprint density at radius 1 is 1.24 bits per heavy atom. The van der Waals surface area contributed by atoms with Crippen molar-refractivity contribution in [2.75, 3.05) is 13.1 Å². The van der Waals surface area contributed by atoms with Crippen molar-refractivity contribution in [3.63, 3.8) is 0 Å². The molecule has 2 aromatic rings. The van der Waals surface area contributed by atoms with E-state index in [1.54, 1.807) is 6.20 Å². The molecule has 1 fully saturated rings. The topological polar surface area (TPSA) is 64.2 Å². The van der Waals surface area contributed by atoms with Crippen molar-refractivity contribution < 1.29 is 9.32 Å². The van der Waals surface area contributed by atoms with Crippen LogP contribution in [0.25, 0.3) is 0 Å². The number of likely N-dealkylation sites (tertiary alicyclic amines) is 1. The number of amides is 1. The quantitative estimate of drug-likeness (QED) is 0.770. The zero-order valence-corrected chi connectivity index (χ0v) is 18.5. The van der Waals surface area contributed by atoms with Crippen LogP contribution < -0.4 is 0 Å². The highest BCUT2D eigenvalue weighted by atomic mass is 16.5. The Bertz CT molecular complexity index is 881. The maximum absolute atomic E-state index is 13.0. The van der Waals surface area contributed by atoms with Crippen LogP contribution in [-0.4, -0.2) is 38.8 Å². The van der Waals surface area contributed by atoms with Crippen molar-refractivity contribution in [3.05, 3.63) is 34.5 Å². The minimum atomic E-state index is 0.105. The first-order valence-electron chi connectivity index (χ1n) is 11.1. The summed E-state index contributed by atoms with van der Waals surface area (Å²) in [6, 6.07) is 0. The predicted molar refractivity (Wildman–Crippen MR) is 112 cm³/mol. The fraction of sp³-hybridized carbons (Fsp3) is 0.696. The number of hydrogen-bond donors (Lipinski definition) is 0. The molecule has 158 valence electrons. The van der Waals surface area contributed by atoms with Gasteiger partial charge in [-0.25, -0.2) is 0 Å². The van der Waals surface area contributed by atoms with Gasteiger partial charge < -0.3 is 9.42 Å². The minimum Gasteiger partial charge on any atom is -0.361 e. The van der Waals surface area contributed by atoms with Gasteiger partial charge >= 0.3 is 0 Å². The van der Waals surface area contributed by atoms with E-state index in [1.165, 1.54) is 17.7 Å². The SMILES string of the molecule is CCn1ncc(C(=O)N2CCC(c3onc4c3CC(C(C)(C)C)CC4)CC2)c1C. The summed E-state index contributed by atoms with van der Waals surface area (Å²) in [7, 11) is 0. The van der Waals surface area contributed by atoms with Crippen LogP contribution in [-0.2, 0) is 19.4 Å².